The lowest BCUT2D eigenvalue weighted by Crippen LogP contribution is -2.01. The molecule has 0 saturated heterocycles. The quantitative estimate of drug-likeness (QED) is 0.797. The summed E-state index contributed by atoms with van der Waals surface area (Å²) in [6.07, 6.45) is -0.214. The number of hydrogen-bond donors (Lipinski definition) is 1. The molecule has 0 aliphatic carbocycles. The minimum atomic E-state index is -0.638. The average molecular weight is 382 g/mol. The van der Waals surface area contributed by atoms with Crippen LogP contribution in [0.25, 0.3) is 0 Å². The minimum absolute atomic E-state index is 0.424. The maximum Gasteiger partial charge on any atom is 0.122 e. The fraction of sp³-hybridized carbons (Fsp3) is 0.231. The Bertz CT molecular complexity index is 567. The van der Waals surface area contributed by atoms with Gasteiger partial charge in [0.25, 0.3) is 0 Å². The number of ether oxygens (including phenoxy) is 1. The van der Waals surface area contributed by atoms with Crippen LogP contribution in [0.5, 0.6) is 5.75 Å². The second-order valence-electron chi connectivity index (χ2n) is 3.95. The highest BCUT2D eigenvalue weighted by atomic mass is 79.9. The summed E-state index contributed by atoms with van der Waals surface area (Å²) in [5, 5.41) is 10.9. The van der Waals surface area contributed by atoms with Crippen molar-refractivity contribution in [3.05, 3.63) is 48.5 Å². The van der Waals surface area contributed by atoms with Gasteiger partial charge in [-0.3, -0.25) is 0 Å². The van der Waals surface area contributed by atoms with Crippen LogP contribution < -0.4 is 4.74 Å². The zero-order valence-corrected chi connectivity index (χ0v) is 13.9. The van der Waals surface area contributed by atoms with Crippen molar-refractivity contribution in [3.63, 3.8) is 0 Å². The fourth-order valence-electron chi connectivity index (χ4n) is 1.74. The van der Waals surface area contributed by atoms with Gasteiger partial charge in [-0.15, -0.1) is 11.3 Å². The van der Waals surface area contributed by atoms with Gasteiger partial charge in [-0.2, -0.15) is 0 Å². The van der Waals surface area contributed by atoms with Crippen molar-refractivity contribution in [1.29, 1.82) is 0 Å². The summed E-state index contributed by atoms with van der Waals surface area (Å²) in [6, 6.07) is 7.18. The second-order valence-corrected chi connectivity index (χ2v) is 6.92. The van der Waals surface area contributed by atoms with Crippen LogP contribution in [-0.2, 0) is 6.42 Å². The minimum Gasteiger partial charge on any atom is -0.496 e. The Morgan fingerprint density at radius 2 is 2.11 bits per heavy atom. The molecule has 2 aromatic rings. The van der Waals surface area contributed by atoms with Gasteiger partial charge in [0.15, 0.2) is 0 Å². The number of rotatable bonds is 4. The maximum atomic E-state index is 10.3. The summed E-state index contributed by atoms with van der Waals surface area (Å²) in [7, 11) is 1.59. The molecule has 0 fully saturated rings. The van der Waals surface area contributed by atoms with Crippen LogP contribution >= 0.6 is 50.5 Å². The maximum absolute atomic E-state index is 10.3. The molecule has 0 radical (unpaired) electrons. The van der Waals surface area contributed by atoms with Crippen LogP contribution in [0.3, 0.4) is 0 Å². The summed E-state index contributed by atoms with van der Waals surface area (Å²) >= 11 is 16.6. The largest absolute Gasteiger partial charge is 0.496 e. The van der Waals surface area contributed by atoms with E-state index in [2.05, 4.69) is 15.9 Å². The third kappa shape index (κ3) is 3.64. The lowest BCUT2D eigenvalue weighted by molar-refractivity contribution is 0.181. The van der Waals surface area contributed by atoms with E-state index in [0.717, 1.165) is 14.9 Å². The van der Waals surface area contributed by atoms with E-state index in [1.54, 1.807) is 25.3 Å². The summed E-state index contributed by atoms with van der Waals surface area (Å²) < 4.78 is 6.69. The molecule has 1 N–H and O–H groups in total. The third-order valence-corrected chi connectivity index (χ3v) is 5.46. The summed E-state index contributed by atoms with van der Waals surface area (Å²) in [5.74, 6) is 0.713. The molecule has 0 saturated carbocycles. The van der Waals surface area contributed by atoms with Gasteiger partial charge in [-0.25, -0.2) is 0 Å². The van der Waals surface area contributed by atoms with Crippen LogP contribution in [0.15, 0.2) is 28.7 Å². The van der Waals surface area contributed by atoms with Gasteiger partial charge in [-0.05, 0) is 45.8 Å². The zero-order chi connectivity index (χ0) is 14.0. The van der Waals surface area contributed by atoms with Crippen molar-refractivity contribution < 1.29 is 9.84 Å². The number of hydrogen-bond acceptors (Lipinski definition) is 3. The topological polar surface area (TPSA) is 29.5 Å². The molecule has 1 aromatic heterocycles. The molecule has 6 heteroatoms. The standard InChI is InChI=1S/C13H11BrCl2O2S/c1-18-11-3-2-8(15)4-7(11)5-10(17)12-6-9(14)13(16)19-12/h2-4,6,10,17H,5H2,1H3. The number of methoxy groups -OCH3 is 1. The molecule has 2 nitrogen and oxygen atoms in total. The highest BCUT2D eigenvalue weighted by Crippen LogP contribution is 2.37. The Kier molecular flexibility index (Phi) is 5.15. The number of benzene rings is 1. The molecule has 0 spiro atoms. The Balaban J connectivity index is 2.23. The summed E-state index contributed by atoms with van der Waals surface area (Å²) in [5.41, 5.74) is 0.864. The molecule has 1 aromatic carbocycles. The first-order chi connectivity index (χ1) is 9.01. The molecule has 0 amide bonds. The molecule has 0 aliphatic rings. The molecule has 1 heterocycles. The lowest BCUT2D eigenvalue weighted by atomic mass is 10.1. The highest BCUT2D eigenvalue weighted by molar-refractivity contribution is 9.10. The fourth-order valence-corrected chi connectivity index (χ4v) is 3.66. The molecule has 1 unspecified atom stereocenters. The molecular weight excluding hydrogens is 371 g/mol. The summed E-state index contributed by atoms with van der Waals surface area (Å²) in [4.78, 5) is 0.805. The van der Waals surface area contributed by atoms with E-state index < -0.39 is 6.10 Å². The van der Waals surface area contributed by atoms with E-state index in [1.165, 1.54) is 11.3 Å². The predicted octanol–water partition coefficient (Wildman–Crippen LogP) is 5.10. The first-order valence-corrected chi connectivity index (χ1v) is 7.83. The van der Waals surface area contributed by atoms with Gasteiger partial charge in [0.2, 0.25) is 0 Å². The molecule has 2 rings (SSSR count). The molecule has 0 bridgehead atoms. The zero-order valence-electron chi connectivity index (χ0n) is 9.99. The van der Waals surface area contributed by atoms with Crippen molar-refractivity contribution in [2.45, 2.75) is 12.5 Å². The first-order valence-electron chi connectivity index (χ1n) is 5.46. The van der Waals surface area contributed by atoms with Gasteiger partial charge < -0.3 is 9.84 Å². The number of aliphatic hydroxyl groups is 1. The lowest BCUT2D eigenvalue weighted by Gasteiger charge is -2.12. The van der Waals surface area contributed by atoms with E-state index in [9.17, 15) is 5.11 Å². The van der Waals surface area contributed by atoms with Crippen molar-refractivity contribution in [2.75, 3.05) is 7.11 Å². The second kappa shape index (κ2) is 6.46. The van der Waals surface area contributed by atoms with Gasteiger partial charge in [0.1, 0.15) is 10.1 Å². The van der Waals surface area contributed by atoms with Gasteiger partial charge in [0, 0.05) is 20.8 Å². The van der Waals surface area contributed by atoms with E-state index in [0.29, 0.717) is 21.5 Å². The Hall–Kier alpha value is -0.260. The normalized spacial score (nSPS) is 12.5. The van der Waals surface area contributed by atoms with Crippen molar-refractivity contribution in [2.24, 2.45) is 0 Å². The van der Waals surface area contributed by atoms with E-state index in [4.69, 9.17) is 27.9 Å². The molecule has 102 valence electrons. The van der Waals surface area contributed by atoms with Crippen LogP contribution in [0.2, 0.25) is 9.36 Å². The smallest absolute Gasteiger partial charge is 0.122 e. The predicted molar refractivity (Wildman–Crippen MR) is 83.7 cm³/mol. The van der Waals surface area contributed by atoms with Gasteiger partial charge >= 0.3 is 0 Å². The Labute approximate surface area is 134 Å². The van der Waals surface area contributed by atoms with Crippen molar-refractivity contribution in [1.82, 2.24) is 0 Å². The Morgan fingerprint density at radius 3 is 2.68 bits per heavy atom. The number of halogens is 3. The first kappa shape index (κ1) is 15.1. The average Bonchev–Trinajstić information content (AvgIpc) is 2.70. The number of thiophene rings is 1. The highest BCUT2D eigenvalue weighted by Gasteiger charge is 2.16. The van der Waals surface area contributed by atoms with Crippen LogP contribution in [0.1, 0.15) is 16.5 Å². The van der Waals surface area contributed by atoms with Crippen LogP contribution in [0, 0.1) is 0 Å². The molecule has 19 heavy (non-hydrogen) atoms. The van der Waals surface area contributed by atoms with Gasteiger partial charge in [0.05, 0.1) is 13.2 Å². The van der Waals surface area contributed by atoms with Crippen molar-refractivity contribution in [3.8, 4) is 5.75 Å². The van der Waals surface area contributed by atoms with E-state index in [-0.39, 0.29) is 0 Å². The van der Waals surface area contributed by atoms with Crippen LogP contribution in [-0.4, -0.2) is 12.2 Å². The number of aliphatic hydroxyl groups excluding tert-OH is 1. The van der Waals surface area contributed by atoms with E-state index >= 15 is 0 Å². The SMILES string of the molecule is COc1ccc(Cl)cc1CC(O)c1cc(Br)c(Cl)s1. The summed E-state index contributed by atoms with van der Waals surface area (Å²) in [6.45, 7) is 0. The Morgan fingerprint density at radius 1 is 1.37 bits per heavy atom. The van der Waals surface area contributed by atoms with E-state index in [1.807, 2.05) is 6.07 Å². The van der Waals surface area contributed by atoms with Gasteiger partial charge in [-0.1, -0.05) is 23.2 Å². The van der Waals surface area contributed by atoms with Crippen molar-refractivity contribution >= 4 is 50.5 Å². The monoisotopic (exact) mass is 380 g/mol. The third-order valence-electron chi connectivity index (χ3n) is 2.65. The molecule has 0 aliphatic heterocycles. The van der Waals surface area contributed by atoms with Crippen LogP contribution in [0.4, 0.5) is 0 Å². The molecule has 1 atom stereocenters. The molecular formula is C13H11BrCl2O2S.